The van der Waals surface area contributed by atoms with E-state index in [1.165, 1.54) is 12.0 Å². The van der Waals surface area contributed by atoms with Crippen LogP contribution in [0.3, 0.4) is 0 Å². The molecular weight excluding hydrogens is 238 g/mol. The molecule has 0 spiro atoms. The molecule has 0 radical (unpaired) electrons. The highest BCUT2D eigenvalue weighted by atomic mass is 16.5. The van der Waals surface area contributed by atoms with Crippen LogP contribution in [-0.2, 0) is 0 Å². The molecule has 1 aliphatic heterocycles. The van der Waals surface area contributed by atoms with Crippen molar-refractivity contribution in [2.24, 2.45) is 5.92 Å². The lowest BCUT2D eigenvalue weighted by Crippen LogP contribution is -2.33. The summed E-state index contributed by atoms with van der Waals surface area (Å²) in [6.45, 7) is 9.83. The normalized spacial score (nSPS) is 23.1. The van der Waals surface area contributed by atoms with E-state index in [1.54, 1.807) is 0 Å². The first-order valence-corrected chi connectivity index (χ1v) is 7.34. The van der Waals surface area contributed by atoms with E-state index < -0.39 is 0 Å². The smallest absolute Gasteiger partial charge is 0.161 e. The van der Waals surface area contributed by atoms with Crippen molar-refractivity contribution in [2.75, 3.05) is 26.3 Å². The molecule has 0 aromatic heterocycles. The second-order valence-electron chi connectivity index (χ2n) is 5.27. The third kappa shape index (κ3) is 3.63. The molecule has 0 saturated carbocycles. The number of hydrogen-bond donors (Lipinski definition) is 1. The molecule has 1 fully saturated rings. The van der Waals surface area contributed by atoms with Crippen LogP contribution in [0, 0.1) is 5.92 Å². The Labute approximate surface area is 116 Å². The fraction of sp³-hybridized carbons (Fsp3) is 0.625. The molecule has 1 saturated heterocycles. The SMILES string of the molecule is CCOc1ccc(C2CNCC(C)C2)cc1OCC. The molecule has 3 nitrogen and oxygen atoms in total. The molecule has 2 rings (SSSR count). The maximum Gasteiger partial charge on any atom is 0.161 e. The second-order valence-corrected chi connectivity index (χ2v) is 5.27. The van der Waals surface area contributed by atoms with Gasteiger partial charge in [-0.3, -0.25) is 0 Å². The van der Waals surface area contributed by atoms with Gasteiger partial charge in [-0.25, -0.2) is 0 Å². The van der Waals surface area contributed by atoms with Crippen molar-refractivity contribution in [3.05, 3.63) is 23.8 Å². The van der Waals surface area contributed by atoms with Crippen LogP contribution in [0.5, 0.6) is 11.5 Å². The molecule has 1 aromatic rings. The minimum atomic E-state index is 0.582. The Bertz CT molecular complexity index is 406. The molecule has 1 N–H and O–H groups in total. The Balaban J connectivity index is 2.18. The zero-order valence-corrected chi connectivity index (χ0v) is 12.2. The fourth-order valence-electron chi connectivity index (χ4n) is 2.73. The van der Waals surface area contributed by atoms with Gasteiger partial charge in [0.1, 0.15) is 0 Å². The maximum absolute atomic E-state index is 5.70. The van der Waals surface area contributed by atoms with E-state index in [9.17, 15) is 0 Å². The molecule has 2 unspecified atom stereocenters. The van der Waals surface area contributed by atoms with Crippen molar-refractivity contribution < 1.29 is 9.47 Å². The topological polar surface area (TPSA) is 30.5 Å². The molecule has 0 amide bonds. The summed E-state index contributed by atoms with van der Waals surface area (Å²) in [4.78, 5) is 0. The van der Waals surface area contributed by atoms with Gasteiger partial charge in [-0.15, -0.1) is 0 Å². The van der Waals surface area contributed by atoms with Gasteiger partial charge < -0.3 is 14.8 Å². The van der Waals surface area contributed by atoms with Crippen LogP contribution in [0.1, 0.15) is 38.7 Å². The first-order chi connectivity index (χ1) is 9.24. The van der Waals surface area contributed by atoms with Crippen LogP contribution in [0.4, 0.5) is 0 Å². The minimum Gasteiger partial charge on any atom is -0.490 e. The molecule has 2 atom stereocenters. The highest BCUT2D eigenvalue weighted by Gasteiger charge is 2.21. The average molecular weight is 263 g/mol. The van der Waals surface area contributed by atoms with Crippen LogP contribution in [-0.4, -0.2) is 26.3 Å². The molecule has 1 heterocycles. The van der Waals surface area contributed by atoms with Crippen molar-refractivity contribution >= 4 is 0 Å². The van der Waals surface area contributed by atoms with E-state index in [0.29, 0.717) is 19.1 Å². The monoisotopic (exact) mass is 263 g/mol. The van der Waals surface area contributed by atoms with E-state index in [2.05, 4.69) is 24.4 Å². The number of benzene rings is 1. The zero-order valence-electron chi connectivity index (χ0n) is 12.2. The summed E-state index contributed by atoms with van der Waals surface area (Å²) in [5, 5.41) is 3.50. The summed E-state index contributed by atoms with van der Waals surface area (Å²) < 4.78 is 11.3. The van der Waals surface area contributed by atoms with Crippen LogP contribution >= 0.6 is 0 Å². The summed E-state index contributed by atoms with van der Waals surface area (Å²) in [6.07, 6.45) is 1.24. The predicted octanol–water partition coefficient (Wildman–Crippen LogP) is 3.20. The van der Waals surface area contributed by atoms with Crippen molar-refractivity contribution in [1.82, 2.24) is 5.32 Å². The van der Waals surface area contributed by atoms with E-state index in [-0.39, 0.29) is 0 Å². The maximum atomic E-state index is 5.70. The van der Waals surface area contributed by atoms with Gasteiger partial charge >= 0.3 is 0 Å². The largest absolute Gasteiger partial charge is 0.490 e. The van der Waals surface area contributed by atoms with Gasteiger partial charge in [0.05, 0.1) is 13.2 Å². The first kappa shape index (κ1) is 14.2. The molecule has 3 heteroatoms. The number of hydrogen-bond acceptors (Lipinski definition) is 3. The van der Waals surface area contributed by atoms with Gasteiger partial charge in [-0.1, -0.05) is 13.0 Å². The molecule has 1 aromatic carbocycles. The lowest BCUT2D eigenvalue weighted by atomic mass is 9.86. The van der Waals surface area contributed by atoms with Gasteiger partial charge in [0.15, 0.2) is 11.5 Å². The van der Waals surface area contributed by atoms with Gasteiger partial charge in [0.25, 0.3) is 0 Å². The molecule has 0 bridgehead atoms. The Morgan fingerprint density at radius 2 is 1.84 bits per heavy atom. The van der Waals surface area contributed by atoms with Crippen molar-refractivity contribution in [3.63, 3.8) is 0 Å². The van der Waals surface area contributed by atoms with Gasteiger partial charge in [-0.2, -0.15) is 0 Å². The van der Waals surface area contributed by atoms with Crippen molar-refractivity contribution in [2.45, 2.75) is 33.1 Å². The van der Waals surface area contributed by atoms with E-state index >= 15 is 0 Å². The molecule has 1 aliphatic rings. The molecule has 19 heavy (non-hydrogen) atoms. The van der Waals surface area contributed by atoms with Crippen molar-refractivity contribution in [1.29, 1.82) is 0 Å². The van der Waals surface area contributed by atoms with Crippen LogP contribution in [0.15, 0.2) is 18.2 Å². The number of rotatable bonds is 5. The average Bonchev–Trinajstić information content (AvgIpc) is 2.41. The van der Waals surface area contributed by atoms with Gasteiger partial charge in [-0.05, 0) is 56.3 Å². The summed E-state index contributed by atoms with van der Waals surface area (Å²) in [6, 6.07) is 6.37. The Hall–Kier alpha value is -1.22. The summed E-state index contributed by atoms with van der Waals surface area (Å²) >= 11 is 0. The van der Waals surface area contributed by atoms with Crippen molar-refractivity contribution in [3.8, 4) is 11.5 Å². The highest BCUT2D eigenvalue weighted by Crippen LogP contribution is 2.34. The molecule has 106 valence electrons. The lowest BCUT2D eigenvalue weighted by molar-refractivity contribution is 0.286. The Morgan fingerprint density at radius 1 is 1.11 bits per heavy atom. The van der Waals surface area contributed by atoms with Crippen LogP contribution < -0.4 is 14.8 Å². The number of piperidine rings is 1. The first-order valence-electron chi connectivity index (χ1n) is 7.34. The summed E-state index contributed by atoms with van der Waals surface area (Å²) in [7, 11) is 0. The molecule has 0 aliphatic carbocycles. The predicted molar refractivity (Wildman–Crippen MR) is 78.2 cm³/mol. The quantitative estimate of drug-likeness (QED) is 0.885. The van der Waals surface area contributed by atoms with Gasteiger partial charge in [0.2, 0.25) is 0 Å². The van der Waals surface area contributed by atoms with Crippen LogP contribution in [0.25, 0.3) is 0 Å². The third-order valence-corrected chi connectivity index (χ3v) is 3.61. The zero-order chi connectivity index (χ0) is 13.7. The minimum absolute atomic E-state index is 0.582. The third-order valence-electron chi connectivity index (χ3n) is 3.61. The summed E-state index contributed by atoms with van der Waals surface area (Å²) in [5.41, 5.74) is 1.35. The Kier molecular flexibility index (Phi) is 5.08. The molecular formula is C16H25NO2. The van der Waals surface area contributed by atoms with E-state index in [4.69, 9.17) is 9.47 Å². The van der Waals surface area contributed by atoms with E-state index in [1.807, 2.05) is 19.9 Å². The standard InChI is InChI=1S/C16H25NO2/c1-4-18-15-7-6-13(9-16(15)19-5-2)14-8-12(3)10-17-11-14/h6-7,9,12,14,17H,4-5,8,10-11H2,1-3H3. The van der Waals surface area contributed by atoms with E-state index in [0.717, 1.165) is 30.5 Å². The van der Waals surface area contributed by atoms with Crippen LogP contribution in [0.2, 0.25) is 0 Å². The second kappa shape index (κ2) is 6.80. The Morgan fingerprint density at radius 3 is 2.53 bits per heavy atom. The summed E-state index contributed by atoms with van der Waals surface area (Å²) in [5.74, 6) is 3.05. The lowest BCUT2D eigenvalue weighted by Gasteiger charge is -2.28. The highest BCUT2D eigenvalue weighted by molar-refractivity contribution is 5.44. The van der Waals surface area contributed by atoms with Gasteiger partial charge in [0, 0.05) is 6.54 Å². The number of nitrogens with one attached hydrogen (secondary N) is 1. The number of ether oxygens (including phenoxy) is 2. The fourth-order valence-corrected chi connectivity index (χ4v) is 2.73.